The minimum Gasteiger partial charge on any atom is -0.366 e. The molecule has 1 aliphatic carbocycles. The average molecular weight is 562 g/mol. The van der Waals surface area contributed by atoms with Gasteiger partial charge in [0.2, 0.25) is 5.91 Å². The second-order valence-electron chi connectivity index (χ2n) is 9.68. The van der Waals surface area contributed by atoms with Crippen molar-refractivity contribution in [3.05, 3.63) is 63.6 Å². The van der Waals surface area contributed by atoms with E-state index < -0.39 is 18.2 Å². The van der Waals surface area contributed by atoms with E-state index in [4.69, 9.17) is 23.2 Å². The molecule has 1 atom stereocenters. The maximum atomic E-state index is 12.8. The number of carbonyl (C=O) groups is 2. The van der Waals surface area contributed by atoms with Crippen molar-refractivity contribution in [3.63, 3.8) is 0 Å². The van der Waals surface area contributed by atoms with Gasteiger partial charge in [0.1, 0.15) is 0 Å². The molecule has 0 aromatic heterocycles. The monoisotopic (exact) mass is 561 g/mol. The number of nitrogens with one attached hydrogen (secondary N) is 4. The van der Waals surface area contributed by atoms with Gasteiger partial charge >= 0.3 is 0 Å². The summed E-state index contributed by atoms with van der Waals surface area (Å²) in [4.78, 5) is 30.0. The maximum absolute atomic E-state index is 12.8. The fourth-order valence-electron chi connectivity index (χ4n) is 4.73. The van der Waals surface area contributed by atoms with Crippen LogP contribution in [0.1, 0.15) is 48.0 Å². The van der Waals surface area contributed by atoms with Crippen molar-refractivity contribution in [2.45, 2.75) is 56.9 Å². The predicted octanol–water partition coefficient (Wildman–Crippen LogP) is 3.08. The summed E-state index contributed by atoms with van der Waals surface area (Å²) in [6.45, 7) is 1.79. The SMILES string of the molecule is O=C(N[C@@H](Cc1ccc(NC(=O)C2CCC(NC3=NCCCN3)CC2)cc1)C(O)O)c1c(Cl)cccc1Cl. The minimum atomic E-state index is -1.80. The lowest BCUT2D eigenvalue weighted by Gasteiger charge is -2.30. The molecule has 0 saturated heterocycles. The Labute approximate surface area is 232 Å². The summed E-state index contributed by atoms with van der Waals surface area (Å²) in [5.41, 5.74) is 1.48. The first kappa shape index (κ1) is 28.2. The molecule has 2 aromatic carbocycles. The molecule has 1 saturated carbocycles. The summed E-state index contributed by atoms with van der Waals surface area (Å²) in [7, 11) is 0. The van der Waals surface area contributed by atoms with Crippen LogP contribution in [0.15, 0.2) is 47.5 Å². The van der Waals surface area contributed by atoms with Crippen molar-refractivity contribution in [2.75, 3.05) is 18.4 Å². The van der Waals surface area contributed by atoms with Crippen LogP contribution in [0.3, 0.4) is 0 Å². The third-order valence-electron chi connectivity index (χ3n) is 6.88. The van der Waals surface area contributed by atoms with Crippen LogP contribution >= 0.6 is 23.2 Å². The molecule has 38 heavy (non-hydrogen) atoms. The zero-order valence-corrected chi connectivity index (χ0v) is 22.4. The van der Waals surface area contributed by atoms with Crippen LogP contribution < -0.4 is 21.3 Å². The van der Waals surface area contributed by atoms with Crippen LogP contribution in [0, 0.1) is 5.92 Å². The average Bonchev–Trinajstić information content (AvgIpc) is 2.90. The molecule has 1 aliphatic heterocycles. The quantitative estimate of drug-likeness (QED) is 0.274. The van der Waals surface area contributed by atoms with Crippen molar-refractivity contribution < 1.29 is 19.8 Å². The summed E-state index contributed by atoms with van der Waals surface area (Å²) in [5.74, 6) is 0.217. The summed E-state index contributed by atoms with van der Waals surface area (Å²) in [6.07, 6.45) is 2.84. The lowest BCUT2D eigenvalue weighted by Crippen LogP contribution is -2.47. The van der Waals surface area contributed by atoms with E-state index in [1.807, 2.05) is 0 Å². The molecule has 2 aliphatic rings. The minimum absolute atomic E-state index is 0.00290. The highest BCUT2D eigenvalue weighted by atomic mass is 35.5. The van der Waals surface area contributed by atoms with Gasteiger partial charge in [-0.2, -0.15) is 0 Å². The molecule has 0 radical (unpaired) electrons. The van der Waals surface area contributed by atoms with Gasteiger partial charge in [0.15, 0.2) is 12.2 Å². The molecule has 204 valence electrons. The predicted molar refractivity (Wildman–Crippen MR) is 149 cm³/mol. The molecule has 2 amide bonds. The summed E-state index contributed by atoms with van der Waals surface area (Å²) < 4.78 is 0. The second kappa shape index (κ2) is 13.3. The van der Waals surface area contributed by atoms with Gasteiger partial charge in [-0.25, -0.2) is 0 Å². The van der Waals surface area contributed by atoms with E-state index in [9.17, 15) is 19.8 Å². The number of halogens is 2. The number of hydrogen-bond donors (Lipinski definition) is 6. The van der Waals surface area contributed by atoms with E-state index >= 15 is 0 Å². The number of aliphatic imine (C=N–C) groups is 1. The Balaban J connectivity index is 1.27. The van der Waals surface area contributed by atoms with Crippen LogP contribution in [-0.2, 0) is 11.2 Å². The lowest BCUT2D eigenvalue weighted by molar-refractivity contribution is -0.120. The Morgan fingerprint density at radius 3 is 2.32 bits per heavy atom. The van der Waals surface area contributed by atoms with Crippen molar-refractivity contribution in [2.24, 2.45) is 10.9 Å². The van der Waals surface area contributed by atoms with Crippen molar-refractivity contribution in [1.82, 2.24) is 16.0 Å². The van der Waals surface area contributed by atoms with Gasteiger partial charge in [0, 0.05) is 30.7 Å². The van der Waals surface area contributed by atoms with Crippen LogP contribution in [0.4, 0.5) is 5.69 Å². The Kier molecular flexibility index (Phi) is 9.85. The first-order valence-corrected chi connectivity index (χ1v) is 13.6. The fraction of sp³-hybridized carbons (Fsp3) is 0.444. The van der Waals surface area contributed by atoms with Crippen molar-refractivity contribution in [1.29, 1.82) is 0 Å². The van der Waals surface area contributed by atoms with E-state index in [1.54, 1.807) is 30.3 Å². The topological polar surface area (TPSA) is 135 Å². The summed E-state index contributed by atoms with van der Waals surface area (Å²) >= 11 is 12.2. The van der Waals surface area contributed by atoms with E-state index in [0.717, 1.165) is 56.7 Å². The van der Waals surface area contributed by atoms with Gasteiger partial charge in [-0.3, -0.25) is 14.6 Å². The summed E-state index contributed by atoms with van der Waals surface area (Å²) in [6, 6.07) is 11.1. The molecule has 9 nitrogen and oxygen atoms in total. The third-order valence-corrected chi connectivity index (χ3v) is 7.51. The van der Waals surface area contributed by atoms with Gasteiger partial charge < -0.3 is 31.5 Å². The smallest absolute Gasteiger partial charge is 0.254 e. The number of amides is 2. The number of guanidine groups is 1. The number of nitrogens with zero attached hydrogens (tertiary/aromatic N) is 1. The van der Waals surface area contributed by atoms with Crippen molar-refractivity contribution in [3.8, 4) is 0 Å². The molecule has 1 heterocycles. The number of rotatable bonds is 8. The van der Waals surface area contributed by atoms with Gasteiger partial charge in [-0.05, 0) is 68.4 Å². The molecular formula is C27H33Cl2N5O4. The molecule has 11 heteroatoms. The van der Waals surface area contributed by atoms with E-state index in [-0.39, 0.29) is 33.9 Å². The second-order valence-corrected chi connectivity index (χ2v) is 10.5. The van der Waals surface area contributed by atoms with E-state index in [0.29, 0.717) is 11.7 Å². The van der Waals surface area contributed by atoms with Gasteiger partial charge in [0.25, 0.3) is 5.91 Å². The zero-order valence-electron chi connectivity index (χ0n) is 20.9. The van der Waals surface area contributed by atoms with E-state index in [1.165, 1.54) is 12.1 Å². The highest BCUT2D eigenvalue weighted by Gasteiger charge is 2.27. The first-order chi connectivity index (χ1) is 18.3. The highest BCUT2D eigenvalue weighted by Crippen LogP contribution is 2.27. The van der Waals surface area contributed by atoms with Gasteiger partial charge in [-0.1, -0.05) is 41.4 Å². The molecular weight excluding hydrogens is 529 g/mol. The molecule has 0 unspecified atom stereocenters. The molecule has 4 rings (SSSR count). The fourth-order valence-corrected chi connectivity index (χ4v) is 5.30. The molecule has 2 aromatic rings. The Morgan fingerprint density at radius 2 is 1.71 bits per heavy atom. The molecule has 0 spiro atoms. The number of aliphatic hydroxyl groups excluding tert-OH is 1. The number of anilines is 1. The third kappa shape index (κ3) is 7.60. The number of benzene rings is 2. The number of hydrogen-bond acceptors (Lipinski definition) is 7. The molecule has 1 fully saturated rings. The van der Waals surface area contributed by atoms with Crippen LogP contribution in [0.5, 0.6) is 0 Å². The zero-order chi connectivity index (χ0) is 27.1. The normalized spacial score (nSPS) is 20.2. The molecule has 6 N–H and O–H groups in total. The Morgan fingerprint density at radius 1 is 1.03 bits per heavy atom. The largest absolute Gasteiger partial charge is 0.366 e. The Bertz CT molecular complexity index is 1130. The summed E-state index contributed by atoms with van der Waals surface area (Å²) in [5, 5.41) is 32.3. The van der Waals surface area contributed by atoms with Crippen LogP contribution in [0.25, 0.3) is 0 Å². The van der Waals surface area contributed by atoms with Crippen LogP contribution in [-0.4, -0.2) is 59.5 Å². The molecule has 0 bridgehead atoms. The highest BCUT2D eigenvalue weighted by molar-refractivity contribution is 6.39. The lowest BCUT2D eigenvalue weighted by atomic mass is 9.85. The van der Waals surface area contributed by atoms with Gasteiger partial charge in [0.05, 0.1) is 21.7 Å². The standard InChI is InChI=1S/C27H33Cl2N5O4/c28-20-3-1-4-21(29)23(20)25(36)34-22(26(37)38)15-16-5-9-18(10-6-16)32-24(35)17-7-11-19(12-8-17)33-27-30-13-2-14-31-27/h1,3-6,9-10,17,19,22,26,37-38H,2,7-8,11-15H2,(H,32,35)(H,34,36)(H2,30,31,33)/t17?,19?,22-/m0/s1. The van der Waals surface area contributed by atoms with Crippen molar-refractivity contribution >= 4 is 46.7 Å². The van der Waals surface area contributed by atoms with Crippen LogP contribution in [0.2, 0.25) is 10.0 Å². The number of aliphatic hydroxyl groups is 2. The van der Waals surface area contributed by atoms with Gasteiger partial charge in [-0.15, -0.1) is 0 Å². The number of carbonyl (C=O) groups excluding carboxylic acids is 2. The maximum Gasteiger partial charge on any atom is 0.254 e. The first-order valence-electron chi connectivity index (χ1n) is 12.9. The van der Waals surface area contributed by atoms with E-state index in [2.05, 4.69) is 26.3 Å². The Hall–Kier alpha value is -2.85.